The van der Waals surface area contributed by atoms with Crippen LogP contribution in [0.2, 0.25) is 0 Å². The summed E-state index contributed by atoms with van der Waals surface area (Å²) in [6.07, 6.45) is 2.94. The van der Waals surface area contributed by atoms with Gasteiger partial charge in [0.25, 0.3) is 0 Å². The van der Waals surface area contributed by atoms with Crippen LogP contribution in [0, 0.1) is 11.8 Å². The summed E-state index contributed by atoms with van der Waals surface area (Å²) in [5.74, 6) is 1.59. The van der Waals surface area contributed by atoms with Gasteiger partial charge in [0.05, 0.1) is 0 Å². The van der Waals surface area contributed by atoms with Gasteiger partial charge in [0.1, 0.15) is 0 Å². The van der Waals surface area contributed by atoms with E-state index in [9.17, 15) is 4.79 Å². The maximum Gasteiger partial charge on any atom is 0.220 e. The van der Waals surface area contributed by atoms with Crippen molar-refractivity contribution in [2.45, 2.75) is 32.2 Å². The number of hydrogen-bond acceptors (Lipinski definition) is 3. The molecule has 92 valence electrons. The van der Waals surface area contributed by atoms with Crippen LogP contribution in [0.15, 0.2) is 0 Å². The predicted molar refractivity (Wildman–Crippen MR) is 63.9 cm³/mol. The molecule has 0 aromatic heterocycles. The summed E-state index contributed by atoms with van der Waals surface area (Å²) < 4.78 is 0. The minimum atomic E-state index is 0.214. The zero-order valence-corrected chi connectivity index (χ0v) is 10.1. The minimum absolute atomic E-state index is 0.214. The summed E-state index contributed by atoms with van der Waals surface area (Å²) in [5.41, 5.74) is 5.79. The Bertz CT molecular complexity index is 257. The van der Waals surface area contributed by atoms with Gasteiger partial charge >= 0.3 is 0 Å². The van der Waals surface area contributed by atoms with Crippen molar-refractivity contribution in [2.24, 2.45) is 17.6 Å². The van der Waals surface area contributed by atoms with Crippen molar-refractivity contribution in [3.05, 3.63) is 0 Å². The van der Waals surface area contributed by atoms with Crippen LogP contribution < -0.4 is 11.1 Å². The minimum Gasteiger partial charge on any atom is -0.352 e. The lowest BCUT2D eigenvalue weighted by Crippen LogP contribution is -2.47. The van der Waals surface area contributed by atoms with Crippen LogP contribution in [-0.2, 0) is 4.79 Å². The van der Waals surface area contributed by atoms with Crippen LogP contribution >= 0.6 is 0 Å². The Balaban J connectivity index is 1.80. The molecule has 0 aromatic rings. The van der Waals surface area contributed by atoms with Gasteiger partial charge in [-0.25, -0.2) is 0 Å². The standard InChI is InChI=1S/C12H23N3O/c1-9-4-5-15(7-10(9)6-13)8-11-2-3-12(16)14-11/h9-11H,2-8,13H2,1H3,(H,14,16). The third-order valence-electron chi connectivity index (χ3n) is 4.06. The van der Waals surface area contributed by atoms with E-state index in [0.29, 0.717) is 18.4 Å². The molecule has 0 aliphatic carbocycles. The van der Waals surface area contributed by atoms with Gasteiger partial charge in [-0.05, 0) is 37.8 Å². The topological polar surface area (TPSA) is 58.4 Å². The molecule has 2 aliphatic rings. The number of carbonyl (C=O) groups excluding carboxylic acids is 1. The highest BCUT2D eigenvalue weighted by Crippen LogP contribution is 2.23. The summed E-state index contributed by atoms with van der Waals surface area (Å²) in [4.78, 5) is 13.6. The lowest BCUT2D eigenvalue weighted by molar-refractivity contribution is -0.119. The molecule has 16 heavy (non-hydrogen) atoms. The molecular weight excluding hydrogens is 202 g/mol. The summed E-state index contributed by atoms with van der Waals surface area (Å²) in [5, 5.41) is 3.03. The van der Waals surface area contributed by atoms with E-state index in [4.69, 9.17) is 5.73 Å². The first kappa shape index (κ1) is 11.9. The average Bonchev–Trinajstić information content (AvgIpc) is 2.67. The van der Waals surface area contributed by atoms with Gasteiger partial charge in [-0.2, -0.15) is 0 Å². The van der Waals surface area contributed by atoms with Gasteiger partial charge in [-0.15, -0.1) is 0 Å². The molecule has 2 rings (SSSR count). The number of rotatable bonds is 3. The molecule has 3 unspecified atom stereocenters. The number of nitrogens with one attached hydrogen (secondary N) is 1. The van der Waals surface area contributed by atoms with Crippen LogP contribution in [0.3, 0.4) is 0 Å². The summed E-state index contributed by atoms with van der Waals surface area (Å²) in [6, 6.07) is 0.374. The van der Waals surface area contributed by atoms with Crippen molar-refractivity contribution < 1.29 is 4.79 Å². The Morgan fingerprint density at radius 3 is 2.94 bits per heavy atom. The van der Waals surface area contributed by atoms with Gasteiger partial charge < -0.3 is 16.0 Å². The van der Waals surface area contributed by atoms with Gasteiger partial charge in [0, 0.05) is 25.6 Å². The van der Waals surface area contributed by atoms with E-state index in [1.165, 1.54) is 6.42 Å². The molecule has 2 aliphatic heterocycles. The van der Waals surface area contributed by atoms with E-state index in [1.807, 2.05) is 0 Å². The molecule has 4 heteroatoms. The summed E-state index contributed by atoms with van der Waals surface area (Å²) >= 11 is 0. The molecule has 3 atom stereocenters. The number of nitrogens with zero attached hydrogens (tertiary/aromatic N) is 1. The van der Waals surface area contributed by atoms with Crippen molar-refractivity contribution in [3.8, 4) is 0 Å². The highest BCUT2D eigenvalue weighted by molar-refractivity contribution is 5.78. The SMILES string of the molecule is CC1CCN(CC2CCC(=O)N2)CC1CN. The summed E-state index contributed by atoms with van der Waals surface area (Å²) in [6.45, 7) is 6.35. The predicted octanol–water partition coefficient (Wildman–Crippen LogP) is 0.182. The molecule has 4 nitrogen and oxygen atoms in total. The second-order valence-electron chi connectivity index (χ2n) is 5.32. The number of piperidine rings is 1. The fourth-order valence-corrected chi connectivity index (χ4v) is 2.82. The Hall–Kier alpha value is -0.610. The third-order valence-corrected chi connectivity index (χ3v) is 4.06. The van der Waals surface area contributed by atoms with E-state index in [1.54, 1.807) is 0 Å². The molecule has 0 bridgehead atoms. The van der Waals surface area contributed by atoms with Gasteiger partial charge in [-0.3, -0.25) is 4.79 Å². The lowest BCUT2D eigenvalue weighted by Gasteiger charge is -2.37. The van der Waals surface area contributed by atoms with Crippen molar-refractivity contribution >= 4 is 5.91 Å². The largest absolute Gasteiger partial charge is 0.352 e. The van der Waals surface area contributed by atoms with Crippen molar-refractivity contribution in [3.63, 3.8) is 0 Å². The Kier molecular flexibility index (Phi) is 3.82. The Morgan fingerprint density at radius 1 is 1.50 bits per heavy atom. The van der Waals surface area contributed by atoms with Gasteiger partial charge in [0.15, 0.2) is 0 Å². The molecular formula is C12H23N3O. The Morgan fingerprint density at radius 2 is 2.31 bits per heavy atom. The number of nitrogens with two attached hydrogens (primary N) is 1. The maximum atomic E-state index is 11.1. The van der Waals surface area contributed by atoms with E-state index < -0.39 is 0 Å². The second-order valence-corrected chi connectivity index (χ2v) is 5.32. The monoisotopic (exact) mass is 225 g/mol. The average molecular weight is 225 g/mol. The number of amides is 1. The molecule has 2 heterocycles. The van der Waals surface area contributed by atoms with Crippen LogP contribution in [0.4, 0.5) is 0 Å². The Labute approximate surface area is 97.6 Å². The van der Waals surface area contributed by atoms with Gasteiger partial charge in [0.2, 0.25) is 5.91 Å². The highest BCUT2D eigenvalue weighted by Gasteiger charge is 2.28. The smallest absolute Gasteiger partial charge is 0.220 e. The van der Waals surface area contributed by atoms with Crippen LogP contribution in [0.5, 0.6) is 0 Å². The van der Waals surface area contributed by atoms with Crippen molar-refractivity contribution in [1.82, 2.24) is 10.2 Å². The fourth-order valence-electron chi connectivity index (χ4n) is 2.82. The highest BCUT2D eigenvalue weighted by atomic mass is 16.1. The first-order chi connectivity index (χ1) is 7.69. The van der Waals surface area contributed by atoms with E-state index in [-0.39, 0.29) is 5.91 Å². The zero-order chi connectivity index (χ0) is 11.5. The van der Waals surface area contributed by atoms with Crippen molar-refractivity contribution in [1.29, 1.82) is 0 Å². The molecule has 0 radical (unpaired) electrons. The first-order valence-corrected chi connectivity index (χ1v) is 6.41. The molecule has 2 saturated heterocycles. The quantitative estimate of drug-likeness (QED) is 0.720. The lowest BCUT2D eigenvalue weighted by atomic mass is 9.87. The second kappa shape index (κ2) is 5.15. The first-order valence-electron chi connectivity index (χ1n) is 6.41. The van der Waals surface area contributed by atoms with E-state index in [0.717, 1.165) is 38.5 Å². The van der Waals surface area contributed by atoms with E-state index >= 15 is 0 Å². The molecule has 0 aromatic carbocycles. The number of hydrogen-bond donors (Lipinski definition) is 2. The van der Waals surface area contributed by atoms with Gasteiger partial charge in [-0.1, -0.05) is 6.92 Å². The third kappa shape index (κ3) is 2.74. The normalized spacial score (nSPS) is 36.4. The fraction of sp³-hybridized carbons (Fsp3) is 0.917. The van der Waals surface area contributed by atoms with Crippen LogP contribution in [0.1, 0.15) is 26.2 Å². The van der Waals surface area contributed by atoms with Crippen LogP contribution in [0.25, 0.3) is 0 Å². The van der Waals surface area contributed by atoms with Crippen LogP contribution in [-0.4, -0.2) is 43.0 Å². The maximum absolute atomic E-state index is 11.1. The summed E-state index contributed by atoms with van der Waals surface area (Å²) in [7, 11) is 0. The molecule has 3 N–H and O–H groups in total. The van der Waals surface area contributed by atoms with E-state index in [2.05, 4.69) is 17.1 Å². The molecule has 2 fully saturated rings. The molecule has 0 spiro atoms. The van der Waals surface area contributed by atoms with Crippen molar-refractivity contribution in [2.75, 3.05) is 26.2 Å². The number of likely N-dealkylation sites (tertiary alicyclic amines) is 1. The zero-order valence-electron chi connectivity index (χ0n) is 10.1. The molecule has 0 saturated carbocycles. The molecule has 1 amide bonds. The number of carbonyl (C=O) groups is 1.